The van der Waals surface area contributed by atoms with Crippen LogP contribution in [0.1, 0.15) is 31.9 Å². The fourth-order valence-electron chi connectivity index (χ4n) is 1.52. The van der Waals surface area contributed by atoms with Gasteiger partial charge in [-0.25, -0.2) is 0 Å². The standard InChI is InChI=1S/C11H15NO2.C2H4O2/c1-11(2)13-7-9-5-8(6-12)3-4-10(9)14-11;1-2(3)4/h3-5H,6-7,12H2,1-2H3;1H3,(H,3,4). The third-order valence-electron chi connectivity index (χ3n) is 2.29. The molecule has 1 aromatic rings. The Labute approximate surface area is 107 Å². The van der Waals surface area contributed by atoms with Crippen LogP contribution in [0.25, 0.3) is 0 Å². The average molecular weight is 253 g/mol. The van der Waals surface area contributed by atoms with Crippen LogP contribution in [0.2, 0.25) is 0 Å². The molecule has 1 aliphatic heterocycles. The summed E-state index contributed by atoms with van der Waals surface area (Å²) in [6.07, 6.45) is 0. The fraction of sp³-hybridized carbons (Fsp3) is 0.462. The maximum absolute atomic E-state index is 9.00. The van der Waals surface area contributed by atoms with E-state index in [1.54, 1.807) is 0 Å². The highest BCUT2D eigenvalue weighted by atomic mass is 16.7. The summed E-state index contributed by atoms with van der Waals surface area (Å²) in [7, 11) is 0. The lowest BCUT2D eigenvalue weighted by Gasteiger charge is -2.32. The summed E-state index contributed by atoms with van der Waals surface area (Å²) < 4.78 is 11.2. The summed E-state index contributed by atoms with van der Waals surface area (Å²) in [6, 6.07) is 5.98. The Hall–Kier alpha value is -1.59. The summed E-state index contributed by atoms with van der Waals surface area (Å²) >= 11 is 0. The first-order chi connectivity index (χ1) is 8.34. The van der Waals surface area contributed by atoms with Crippen LogP contribution in [0.15, 0.2) is 18.2 Å². The second-order valence-electron chi connectivity index (χ2n) is 4.46. The van der Waals surface area contributed by atoms with E-state index in [1.807, 2.05) is 32.0 Å². The number of hydrogen-bond acceptors (Lipinski definition) is 4. The van der Waals surface area contributed by atoms with Gasteiger partial charge in [0.15, 0.2) is 0 Å². The first-order valence-corrected chi connectivity index (χ1v) is 5.68. The topological polar surface area (TPSA) is 81.8 Å². The maximum Gasteiger partial charge on any atom is 0.300 e. The number of hydrogen-bond donors (Lipinski definition) is 2. The molecule has 100 valence electrons. The number of ether oxygens (including phenoxy) is 2. The Morgan fingerprint density at radius 3 is 2.67 bits per heavy atom. The van der Waals surface area contributed by atoms with Gasteiger partial charge in [0, 0.05) is 32.9 Å². The van der Waals surface area contributed by atoms with Crippen LogP contribution in [0.5, 0.6) is 5.75 Å². The van der Waals surface area contributed by atoms with Crippen LogP contribution in [-0.2, 0) is 22.7 Å². The lowest BCUT2D eigenvalue weighted by Crippen LogP contribution is -2.35. The van der Waals surface area contributed by atoms with Crippen LogP contribution in [0, 0.1) is 0 Å². The molecular weight excluding hydrogens is 234 g/mol. The summed E-state index contributed by atoms with van der Waals surface area (Å²) in [5.41, 5.74) is 7.74. The van der Waals surface area contributed by atoms with Crippen molar-refractivity contribution in [1.82, 2.24) is 0 Å². The van der Waals surface area contributed by atoms with E-state index in [0.29, 0.717) is 13.2 Å². The van der Waals surface area contributed by atoms with E-state index >= 15 is 0 Å². The summed E-state index contributed by atoms with van der Waals surface area (Å²) in [4.78, 5) is 9.00. The SMILES string of the molecule is CC(=O)O.CC1(C)OCc2cc(CN)ccc2O1. The predicted molar refractivity (Wildman–Crippen MR) is 67.1 cm³/mol. The van der Waals surface area contributed by atoms with Crippen LogP contribution in [0.3, 0.4) is 0 Å². The normalized spacial score (nSPS) is 15.8. The van der Waals surface area contributed by atoms with Crippen LogP contribution < -0.4 is 10.5 Å². The zero-order valence-electron chi connectivity index (χ0n) is 10.9. The van der Waals surface area contributed by atoms with E-state index < -0.39 is 11.8 Å². The van der Waals surface area contributed by atoms with E-state index in [0.717, 1.165) is 23.8 Å². The first-order valence-electron chi connectivity index (χ1n) is 5.68. The van der Waals surface area contributed by atoms with Crippen LogP contribution >= 0.6 is 0 Å². The molecular formula is C13H19NO4. The molecule has 1 aliphatic rings. The molecule has 0 aromatic heterocycles. The summed E-state index contributed by atoms with van der Waals surface area (Å²) in [6.45, 7) is 6.05. The minimum absolute atomic E-state index is 0.517. The van der Waals surface area contributed by atoms with Crippen LogP contribution in [0.4, 0.5) is 0 Å². The molecule has 0 amide bonds. The predicted octanol–water partition coefficient (Wildman–Crippen LogP) is 1.88. The zero-order valence-corrected chi connectivity index (χ0v) is 10.9. The van der Waals surface area contributed by atoms with Gasteiger partial charge < -0.3 is 20.3 Å². The van der Waals surface area contributed by atoms with Gasteiger partial charge in [-0.05, 0) is 17.7 Å². The molecule has 0 bridgehead atoms. The van der Waals surface area contributed by atoms with Gasteiger partial charge in [0.05, 0.1) is 6.61 Å². The molecule has 3 N–H and O–H groups in total. The van der Waals surface area contributed by atoms with Gasteiger partial charge in [-0.3, -0.25) is 4.79 Å². The molecule has 0 atom stereocenters. The number of carboxylic acids is 1. The second kappa shape index (κ2) is 5.84. The number of carboxylic acid groups (broad SMARTS) is 1. The zero-order chi connectivity index (χ0) is 13.8. The molecule has 0 fully saturated rings. The monoisotopic (exact) mass is 253 g/mol. The number of rotatable bonds is 1. The Kier molecular flexibility index (Phi) is 4.69. The molecule has 5 nitrogen and oxygen atoms in total. The van der Waals surface area contributed by atoms with Crippen molar-refractivity contribution in [3.63, 3.8) is 0 Å². The third kappa shape index (κ3) is 4.35. The molecule has 0 radical (unpaired) electrons. The van der Waals surface area contributed by atoms with Gasteiger partial charge >= 0.3 is 0 Å². The van der Waals surface area contributed by atoms with Crippen molar-refractivity contribution in [3.05, 3.63) is 29.3 Å². The summed E-state index contributed by atoms with van der Waals surface area (Å²) in [5.74, 6) is -0.449. The fourth-order valence-corrected chi connectivity index (χ4v) is 1.52. The molecule has 0 spiro atoms. The number of fused-ring (bicyclic) bond motifs is 1. The largest absolute Gasteiger partial charge is 0.481 e. The molecule has 18 heavy (non-hydrogen) atoms. The van der Waals surface area contributed by atoms with Crippen LogP contribution in [-0.4, -0.2) is 16.9 Å². The molecule has 0 unspecified atom stereocenters. The number of carbonyl (C=O) groups is 1. The Balaban J connectivity index is 0.000000357. The van der Waals surface area contributed by atoms with Crippen molar-refractivity contribution < 1.29 is 19.4 Å². The van der Waals surface area contributed by atoms with E-state index in [-0.39, 0.29) is 0 Å². The quantitative estimate of drug-likeness (QED) is 0.798. The smallest absolute Gasteiger partial charge is 0.300 e. The molecule has 0 saturated carbocycles. The lowest BCUT2D eigenvalue weighted by atomic mass is 10.1. The van der Waals surface area contributed by atoms with Crippen molar-refractivity contribution in [3.8, 4) is 5.75 Å². The second-order valence-corrected chi connectivity index (χ2v) is 4.46. The minimum atomic E-state index is -0.833. The van der Waals surface area contributed by atoms with E-state index in [1.165, 1.54) is 0 Å². The van der Waals surface area contributed by atoms with Crippen molar-refractivity contribution in [1.29, 1.82) is 0 Å². The van der Waals surface area contributed by atoms with Gasteiger partial charge in [0.1, 0.15) is 5.75 Å². The lowest BCUT2D eigenvalue weighted by molar-refractivity contribution is -0.180. The van der Waals surface area contributed by atoms with E-state index in [9.17, 15) is 0 Å². The van der Waals surface area contributed by atoms with E-state index in [2.05, 4.69) is 0 Å². The van der Waals surface area contributed by atoms with Gasteiger partial charge in [-0.15, -0.1) is 0 Å². The number of benzene rings is 1. The highest BCUT2D eigenvalue weighted by molar-refractivity contribution is 5.62. The van der Waals surface area contributed by atoms with Gasteiger partial charge in [0.25, 0.3) is 5.97 Å². The molecule has 1 aromatic carbocycles. The van der Waals surface area contributed by atoms with Gasteiger partial charge in [0.2, 0.25) is 5.79 Å². The van der Waals surface area contributed by atoms with Gasteiger partial charge in [-0.2, -0.15) is 0 Å². The molecule has 0 aliphatic carbocycles. The highest BCUT2D eigenvalue weighted by Crippen LogP contribution is 2.31. The maximum atomic E-state index is 9.00. The minimum Gasteiger partial charge on any atom is -0.481 e. The molecule has 1 heterocycles. The first kappa shape index (κ1) is 14.5. The van der Waals surface area contributed by atoms with Crippen molar-refractivity contribution in [2.75, 3.05) is 0 Å². The molecule has 0 saturated heterocycles. The van der Waals surface area contributed by atoms with Crippen molar-refractivity contribution >= 4 is 5.97 Å². The number of aliphatic carboxylic acids is 1. The van der Waals surface area contributed by atoms with E-state index in [4.69, 9.17) is 25.1 Å². The Bertz CT molecular complexity index is 425. The molecule has 5 heteroatoms. The summed E-state index contributed by atoms with van der Waals surface area (Å²) in [5, 5.41) is 7.42. The van der Waals surface area contributed by atoms with Crippen molar-refractivity contribution in [2.45, 2.75) is 39.7 Å². The Morgan fingerprint density at radius 1 is 1.50 bits per heavy atom. The third-order valence-corrected chi connectivity index (χ3v) is 2.29. The van der Waals surface area contributed by atoms with Crippen molar-refractivity contribution in [2.24, 2.45) is 5.73 Å². The van der Waals surface area contributed by atoms with Gasteiger partial charge in [-0.1, -0.05) is 6.07 Å². The number of nitrogens with two attached hydrogens (primary N) is 1. The Morgan fingerprint density at radius 2 is 2.11 bits per heavy atom. The average Bonchev–Trinajstić information content (AvgIpc) is 2.26. The molecule has 2 rings (SSSR count). The highest BCUT2D eigenvalue weighted by Gasteiger charge is 2.26.